The van der Waals surface area contributed by atoms with Crippen LogP contribution in [0.2, 0.25) is 0 Å². The summed E-state index contributed by atoms with van der Waals surface area (Å²) in [6.07, 6.45) is 8.24. The van der Waals surface area contributed by atoms with Crippen LogP contribution in [0.4, 0.5) is 0 Å². The normalized spacial score (nSPS) is 17.3. The molecule has 1 aromatic rings. The highest BCUT2D eigenvalue weighted by atomic mass is 16.6. The number of rotatable bonds is 7. The molecule has 0 aliphatic carbocycles. The monoisotopic (exact) mass is 360 g/mol. The van der Waals surface area contributed by atoms with Crippen LogP contribution < -0.4 is 19.5 Å². The van der Waals surface area contributed by atoms with Crippen molar-refractivity contribution in [2.45, 2.75) is 25.7 Å². The van der Waals surface area contributed by atoms with Gasteiger partial charge in [-0.3, -0.25) is 4.79 Å². The first-order valence-electron chi connectivity index (χ1n) is 9.42. The van der Waals surface area contributed by atoms with Gasteiger partial charge in [-0.15, -0.1) is 0 Å². The molecule has 1 amide bonds. The molecule has 0 aromatic heterocycles. The van der Waals surface area contributed by atoms with E-state index in [1.165, 1.54) is 32.4 Å². The van der Waals surface area contributed by atoms with Gasteiger partial charge in [0.05, 0.1) is 7.11 Å². The molecule has 142 valence electrons. The van der Waals surface area contributed by atoms with E-state index in [0.717, 1.165) is 18.5 Å². The Kier molecular flexibility index (Phi) is 6.77. The highest BCUT2D eigenvalue weighted by molar-refractivity contribution is 5.91. The molecule has 0 bridgehead atoms. The van der Waals surface area contributed by atoms with Crippen LogP contribution in [-0.4, -0.2) is 57.3 Å². The van der Waals surface area contributed by atoms with Gasteiger partial charge in [0, 0.05) is 12.6 Å². The van der Waals surface area contributed by atoms with Crippen molar-refractivity contribution in [3.63, 3.8) is 0 Å². The molecule has 0 spiro atoms. The number of amides is 1. The largest absolute Gasteiger partial charge is 0.493 e. The van der Waals surface area contributed by atoms with Crippen LogP contribution in [-0.2, 0) is 4.79 Å². The molecule has 6 nitrogen and oxygen atoms in total. The summed E-state index contributed by atoms with van der Waals surface area (Å²) in [6.45, 7) is 5.17. The maximum atomic E-state index is 12.0. The van der Waals surface area contributed by atoms with Crippen molar-refractivity contribution >= 4 is 12.0 Å². The van der Waals surface area contributed by atoms with E-state index in [4.69, 9.17) is 14.2 Å². The van der Waals surface area contributed by atoms with Crippen molar-refractivity contribution in [1.29, 1.82) is 0 Å². The van der Waals surface area contributed by atoms with Gasteiger partial charge in [0.2, 0.25) is 11.7 Å². The van der Waals surface area contributed by atoms with Gasteiger partial charge in [-0.05, 0) is 62.7 Å². The zero-order valence-electron chi connectivity index (χ0n) is 15.5. The second-order valence-electron chi connectivity index (χ2n) is 6.63. The summed E-state index contributed by atoms with van der Waals surface area (Å²) < 4.78 is 16.5. The number of benzene rings is 1. The molecule has 1 saturated heterocycles. The van der Waals surface area contributed by atoms with E-state index in [2.05, 4.69) is 10.2 Å². The minimum atomic E-state index is -0.0856. The standard InChI is InChI=1S/C20H28N2O4/c1-24-17-14-16(15-18-20(17)26-13-12-25-18)6-7-19(23)21-8-5-11-22-9-3-2-4-10-22/h6-7,14-15H,2-5,8-13H2,1H3,(H,21,23)/b7-6+. The Morgan fingerprint density at radius 1 is 1.23 bits per heavy atom. The summed E-state index contributed by atoms with van der Waals surface area (Å²) >= 11 is 0. The predicted octanol–water partition coefficient (Wildman–Crippen LogP) is 2.47. The van der Waals surface area contributed by atoms with Crippen molar-refractivity contribution in [3.05, 3.63) is 23.8 Å². The lowest BCUT2D eigenvalue weighted by Gasteiger charge is -2.26. The van der Waals surface area contributed by atoms with Crippen molar-refractivity contribution in [2.75, 3.05) is 46.5 Å². The number of carbonyl (C=O) groups is 1. The van der Waals surface area contributed by atoms with Crippen molar-refractivity contribution < 1.29 is 19.0 Å². The molecule has 3 rings (SSSR count). The Morgan fingerprint density at radius 3 is 2.85 bits per heavy atom. The lowest BCUT2D eigenvalue weighted by molar-refractivity contribution is -0.116. The number of fused-ring (bicyclic) bond motifs is 1. The molecule has 1 fully saturated rings. The van der Waals surface area contributed by atoms with Crippen LogP contribution in [0.15, 0.2) is 18.2 Å². The Bertz CT molecular complexity index is 622. The molecule has 0 atom stereocenters. The molecule has 1 N–H and O–H groups in total. The number of nitrogens with zero attached hydrogens (tertiary/aromatic N) is 1. The number of likely N-dealkylation sites (tertiary alicyclic amines) is 1. The van der Waals surface area contributed by atoms with Gasteiger partial charge in [0.25, 0.3) is 0 Å². The zero-order chi connectivity index (χ0) is 18.2. The van der Waals surface area contributed by atoms with Crippen molar-refractivity contribution in [1.82, 2.24) is 10.2 Å². The van der Waals surface area contributed by atoms with Gasteiger partial charge in [-0.1, -0.05) is 6.42 Å². The number of carbonyl (C=O) groups excluding carboxylic acids is 1. The number of ether oxygens (including phenoxy) is 3. The molecular formula is C20H28N2O4. The van der Waals surface area contributed by atoms with Gasteiger partial charge in [-0.2, -0.15) is 0 Å². The fourth-order valence-electron chi connectivity index (χ4n) is 3.32. The van der Waals surface area contributed by atoms with Crippen LogP contribution in [0.25, 0.3) is 6.08 Å². The minimum Gasteiger partial charge on any atom is -0.493 e. The maximum absolute atomic E-state index is 12.0. The summed E-state index contributed by atoms with van der Waals surface area (Å²) in [5, 5.41) is 2.94. The van der Waals surface area contributed by atoms with E-state index in [-0.39, 0.29) is 5.91 Å². The quantitative estimate of drug-likeness (QED) is 0.598. The second kappa shape index (κ2) is 9.48. The van der Waals surface area contributed by atoms with E-state index in [1.807, 2.05) is 12.1 Å². The fraction of sp³-hybridized carbons (Fsp3) is 0.550. The van der Waals surface area contributed by atoms with Crippen molar-refractivity contribution in [3.8, 4) is 17.2 Å². The number of piperidine rings is 1. The van der Waals surface area contributed by atoms with Crippen LogP contribution in [0.3, 0.4) is 0 Å². The molecule has 0 unspecified atom stereocenters. The van der Waals surface area contributed by atoms with Gasteiger partial charge in [-0.25, -0.2) is 0 Å². The topological polar surface area (TPSA) is 60.0 Å². The molecule has 26 heavy (non-hydrogen) atoms. The predicted molar refractivity (Wildman–Crippen MR) is 101 cm³/mol. The summed E-state index contributed by atoms with van der Waals surface area (Å²) in [7, 11) is 1.59. The third kappa shape index (κ3) is 5.14. The van der Waals surface area contributed by atoms with Gasteiger partial charge >= 0.3 is 0 Å². The third-order valence-electron chi connectivity index (χ3n) is 4.68. The van der Waals surface area contributed by atoms with E-state index < -0.39 is 0 Å². The number of nitrogens with one attached hydrogen (secondary N) is 1. The third-order valence-corrected chi connectivity index (χ3v) is 4.68. The number of hydrogen-bond donors (Lipinski definition) is 1. The van der Waals surface area contributed by atoms with Crippen LogP contribution >= 0.6 is 0 Å². The summed E-state index contributed by atoms with van der Waals surface area (Å²) in [5.74, 6) is 1.80. The minimum absolute atomic E-state index is 0.0856. The lowest BCUT2D eigenvalue weighted by Crippen LogP contribution is -2.33. The van der Waals surface area contributed by atoms with Gasteiger partial charge in [0.15, 0.2) is 11.5 Å². The first kappa shape index (κ1) is 18.6. The van der Waals surface area contributed by atoms with Gasteiger partial charge in [0.1, 0.15) is 13.2 Å². The summed E-state index contributed by atoms with van der Waals surface area (Å²) in [5.41, 5.74) is 0.842. The first-order valence-corrected chi connectivity index (χ1v) is 9.42. The molecule has 2 aliphatic heterocycles. The lowest BCUT2D eigenvalue weighted by atomic mass is 10.1. The smallest absolute Gasteiger partial charge is 0.243 e. The zero-order valence-corrected chi connectivity index (χ0v) is 15.5. The Morgan fingerprint density at radius 2 is 2.04 bits per heavy atom. The van der Waals surface area contributed by atoms with E-state index in [9.17, 15) is 4.79 Å². The fourth-order valence-corrected chi connectivity index (χ4v) is 3.32. The van der Waals surface area contributed by atoms with Crippen LogP contribution in [0.1, 0.15) is 31.2 Å². The van der Waals surface area contributed by atoms with E-state index >= 15 is 0 Å². The first-order chi connectivity index (χ1) is 12.8. The Hall–Kier alpha value is -2.21. The van der Waals surface area contributed by atoms with E-state index in [1.54, 1.807) is 19.3 Å². The molecular weight excluding hydrogens is 332 g/mol. The van der Waals surface area contributed by atoms with Crippen molar-refractivity contribution in [2.24, 2.45) is 0 Å². The van der Waals surface area contributed by atoms with E-state index in [0.29, 0.717) is 37.0 Å². The molecule has 2 aliphatic rings. The molecule has 6 heteroatoms. The average molecular weight is 360 g/mol. The molecule has 0 saturated carbocycles. The average Bonchev–Trinajstić information content (AvgIpc) is 2.69. The second-order valence-corrected chi connectivity index (χ2v) is 6.63. The SMILES string of the molecule is COc1cc(/C=C/C(=O)NCCCN2CCCCC2)cc2c1OCCO2. The number of methoxy groups -OCH3 is 1. The molecule has 1 aromatic carbocycles. The highest BCUT2D eigenvalue weighted by Gasteiger charge is 2.17. The van der Waals surface area contributed by atoms with Gasteiger partial charge < -0.3 is 24.4 Å². The maximum Gasteiger partial charge on any atom is 0.243 e. The Labute approximate surface area is 155 Å². The Balaban J connectivity index is 1.47. The van der Waals surface area contributed by atoms with Crippen LogP contribution in [0.5, 0.6) is 17.2 Å². The summed E-state index contributed by atoms with van der Waals surface area (Å²) in [4.78, 5) is 14.5. The van der Waals surface area contributed by atoms with Crippen LogP contribution in [0, 0.1) is 0 Å². The number of hydrogen-bond acceptors (Lipinski definition) is 5. The molecule has 2 heterocycles. The highest BCUT2D eigenvalue weighted by Crippen LogP contribution is 2.40. The molecule has 0 radical (unpaired) electrons. The summed E-state index contributed by atoms with van der Waals surface area (Å²) in [6, 6.07) is 3.70.